The van der Waals surface area contributed by atoms with Crippen LogP contribution in [0.25, 0.3) is 22.2 Å². The molecule has 1 fully saturated rings. The van der Waals surface area contributed by atoms with E-state index in [1.165, 1.54) is 12.4 Å². The number of methoxy groups -OCH3 is 1. The summed E-state index contributed by atoms with van der Waals surface area (Å²) in [6, 6.07) is 7.80. The summed E-state index contributed by atoms with van der Waals surface area (Å²) >= 11 is 12.7. The van der Waals surface area contributed by atoms with E-state index in [-0.39, 0.29) is 5.54 Å². The molecule has 11 heteroatoms. The molecule has 4 aromatic rings. The first-order valence-electron chi connectivity index (χ1n) is 12.2. The minimum absolute atomic E-state index is 0.0583. The average molecular weight is 552 g/mol. The lowest BCUT2D eigenvalue weighted by molar-refractivity contribution is 0.216. The zero-order valence-electron chi connectivity index (χ0n) is 21.5. The molecule has 1 saturated heterocycles. The van der Waals surface area contributed by atoms with Crippen molar-refractivity contribution < 1.29 is 9.47 Å². The van der Waals surface area contributed by atoms with Gasteiger partial charge < -0.3 is 19.7 Å². The Bertz CT molecular complexity index is 1520. The van der Waals surface area contributed by atoms with Crippen molar-refractivity contribution in [1.82, 2.24) is 25.5 Å². The molecule has 3 aromatic heterocycles. The maximum absolute atomic E-state index is 9.91. The number of likely N-dealkylation sites (N-methyl/N-ethyl adjacent to an activating group) is 1. The lowest BCUT2D eigenvalue weighted by Crippen LogP contribution is -2.68. The summed E-state index contributed by atoms with van der Waals surface area (Å²) in [4.78, 5) is 10.8. The Kier molecular flexibility index (Phi) is 7.05. The fraction of sp³-hybridized carbons (Fsp3) is 0.333. The molecular weight excluding hydrogens is 525 g/mol. The third kappa shape index (κ3) is 4.49. The lowest BCUT2D eigenvalue weighted by Gasteiger charge is -2.50. The smallest absolute Gasteiger partial charge is 0.162 e. The van der Waals surface area contributed by atoms with Gasteiger partial charge in [-0.2, -0.15) is 10.4 Å². The lowest BCUT2D eigenvalue weighted by atomic mass is 9.87. The second kappa shape index (κ2) is 10.3. The molecule has 196 valence electrons. The number of nitrogens with zero attached hydrogens (tertiary/aromatic N) is 5. The number of pyridine rings is 2. The maximum atomic E-state index is 9.91. The number of benzene rings is 1. The van der Waals surface area contributed by atoms with Gasteiger partial charge in [-0.05, 0) is 32.5 Å². The Hall–Kier alpha value is -3.58. The first kappa shape index (κ1) is 26.0. The summed E-state index contributed by atoms with van der Waals surface area (Å²) in [7, 11) is 3.54. The van der Waals surface area contributed by atoms with Crippen molar-refractivity contribution in [3.8, 4) is 28.8 Å². The second-order valence-corrected chi connectivity index (χ2v) is 10.2. The fourth-order valence-electron chi connectivity index (χ4n) is 4.87. The van der Waals surface area contributed by atoms with Crippen LogP contribution in [-0.4, -0.2) is 53.0 Å². The van der Waals surface area contributed by atoms with E-state index in [1.54, 1.807) is 13.3 Å². The van der Waals surface area contributed by atoms with Gasteiger partial charge in [0.1, 0.15) is 23.7 Å². The number of nitriles is 1. The van der Waals surface area contributed by atoms with E-state index >= 15 is 0 Å². The predicted molar refractivity (Wildman–Crippen MR) is 148 cm³/mol. The van der Waals surface area contributed by atoms with Crippen molar-refractivity contribution in [2.75, 3.05) is 32.1 Å². The molecule has 1 aliphatic rings. The van der Waals surface area contributed by atoms with Crippen LogP contribution in [-0.2, 0) is 0 Å². The maximum Gasteiger partial charge on any atom is 0.162 e. The number of aromatic nitrogens is 4. The molecule has 0 aliphatic carbocycles. The zero-order valence-corrected chi connectivity index (χ0v) is 23.0. The normalized spacial score (nSPS) is 15.1. The van der Waals surface area contributed by atoms with Gasteiger partial charge in [-0.3, -0.25) is 10.1 Å². The number of ether oxygens (including phenoxy) is 2. The van der Waals surface area contributed by atoms with Gasteiger partial charge in [-0.1, -0.05) is 30.1 Å². The molecule has 0 saturated carbocycles. The van der Waals surface area contributed by atoms with E-state index in [1.807, 2.05) is 32.2 Å². The topological polar surface area (TPSA) is 112 Å². The van der Waals surface area contributed by atoms with Crippen LogP contribution in [0.1, 0.15) is 37.5 Å². The van der Waals surface area contributed by atoms with Crippen molar-refractivity contribution >= 4 is 39.9 Å². The SMILES string of the molecule is CCC1(NC)CN(c2ncc(-c3n[nH]c4cc(OC)c(O[C@H](C)c5c(Cl)cncc5Cl)cc34)cc2C#N)C1. The quantitative estimate of drug-likeness (QED) is 0.293. The van der Waals surface area contributed by atoms with E-state index in [0.29, 0.717) is 44.2 Å². The van der Waals surface area contributed by atoms with Crippen LogP contribution in [0.4, 0.5) is 5.82 Å². The zero-order chi connectivity index (χ0) is 27.0. The fourth-order valence-corrected chi connectivity index (χ4v) is 5.54. The third-order valence-corrected chi connectivity index (χ3v) is 7.80. The van der Waals surface area contributed by atoms with Crippen LogP contribution in [0.3, 0.4) is 0 Å². The number of rotatable bonds is 8. The van der Waals surface area contributed by atoms with Crippen LogP contribution in [0.15, 0.2) is 36.8 Å². The van der Waals surface area contributed by atoms with Gasteiger partial charge in [0.15, 0.2) is 11.5 Å². The molecule has 0 unspecified atom stereocenters. The number of fused-ring (bicyclic) bond motifs is 1. The molecule has 0 spiro atoms. The molecule has 0 radical (unpaired) electrons. The standard InChI is InChI=1S/C27H27Cl2N7O2/c1-5-27(31-3)13-36(14-27)26-16(9-30)6-17(10-33-26)25-18-7-23(22(37-4)8-21(18)34-35-25)38-15(2)24-19(28)11-32-12-20(24)29/h6-8,10-12,15,31H,5,13-14H2,1-4H3,(H,34,35)/t15-/m1/s1. The monoisotopic (exact) mass is 551 g/mol. The van der Waals surface area contributed by atoms with Gasteiger partial charge in [0.05, 0.1) is 33.8 Å². The van der Waals surface area contributed by atoms with Crippen LogP contribution in [0, 0.1) is 11.3 Å². The Labute approximate surface area is 230 Å². The van der Waals surface area contributed by atoms with E-state index < -0.39 is 6.10 Å². The van der Waals surface area contributed by atoms with Crippen molar-refractivity contribution in [3.63, 3.8) is 0 Å². The van der Waals surface area contributed by atoms with E-state index in [0.717, 1.165) is 36.0 Å². The van der Waals surface area contributed by atoms with E-state index in [2.05, 4.69) is 43.4 Å². The van der Waals surface area contributed by atoms with Crippen molar-refractivity contribution in [2.24, 2.45) is 0 Å². The summed E-state index contributed by atoms with van der Waals surface area (Å²) in [5.41, 5.74) is 3.31. The highest BCUT2D eigenvalue weighted by Gasteiger charge is 2.41. The number of anilines is 1. The highest BCUT2D eigenvalue weighted by Crippen LogP contribution is 2.40. The highest BCUT2D eigenvalue weighted by atomic mass is 35.5. The molecule has 2 N–H and O–H groups in total. The first-order valence-corrected chi connectivity index (χ1v) is 12.9. The molecule has 38 heavy (non-hydrogen) atoms. The van der Waals surface area contributed by atoms with Gasteiger partial charge in [-0.15, -0.1) is 0 Å². The molecule has 4 heterocycles. The number of hydrogen-bond donors (Lipinski definition) is 2. The number of nitrogens with one attached hydrogen (secondary N) is 2. The minimum atomic E-state index is -0.477. The molecular formula is C27H27Cl2N7O2. The number of hydrogen-bond acceptors (Lipinski definition) is 8. The van der Waals surface area contributed by atoms with Gasteiger partial charge in [-0.25, -0.2) is 4.98 Å². The minimum Gasteiger partial charge on any atom is -0.493 e. The van der Waals surface area contributed by atoms with E-state index in [4.69, 9.17) is 32.7 Å². The van der Waals surface area contributed by atoms with E-state index in [9.17, 15) is 5.26 Å². The molecule has 5 rings (SSSR count). The summed E-state index contributed by atoms with van der Waals surface area (Å²) in [6.45, 7) is 5.62. The molecule has 1 aliphatic heterocycles. The molecule has 0 amide bonds. The summed E-state index contributed by atoms with van der Waals surface area (Å²) in [6.07, 6.45) is 5.34. The van der Waals surface area contributed by atoms with Gasteiger partial charge in [0, 0.05) is 54.3 Å². The van der Waals surface area contributed by atoms with Crippen molar-refractivity contribution in [3.05, 3.63) is 58.0 Å². The van der Waals surface area contributed by atoms with Gasteiger partial charge >= 0.3 is 0 Å². The second-order valence-electron chi connectivity index (χ2n) is 9.34. The van der Waals surface area contributed by atoms with Crippen LogP contribution in [0.2, 0.25) is 10.0 Å². The van der Waals surface area contributed by atoms with Crippen LogP contribution < -0.4 is 19.7 Å². The molecule has 9 nitrogen and oxygen atoms in total. The Morgan fingerprint density at radius 3 is 2.55 bits per heavy atom. The number of H-pyrrole nitrogens is 1. The Morgan fingerprint density at radius 2 is 1.92 bits per heavy atom. The predicted octanol–water partition coefficient (Wildman–Crippen LogP) is 5.54. The molecule has 0 bridgehead atoms. The Morgan fingerprint density at radius 1 is 1.18 bits per heavy atom. The highest BCUT2D eigenvalue weighted by molar-refractivity contribution is 6.35. The van der Waals surface area contributed by atoms with Crippen LogP contribution in [0.5, 0.6) is 11.5 Å². The summed E-state index contributed by atoms with van der Waals surface area (Å²) in [5.74, 6) is 1.70. The molecule has 1 aromatic carbocycles. The number of halogens is 2. The number of aromatic amines is 1. The average Bonchev–Trinajstić information content (AvgIpc) is 3.30. The van der Waals surface area contributed by atoms with Crippen LogP contribution >= 0.6 is 23.2 Å². The largest absolute Gasteiger partial charge is 0.493 e. The van der Waals surface area contributed by atoms with Crippen molar-refractivity contribution in [1.29, 1.82) is 5.26 Å². The summed E-state index contributed by atoms with van der Waals surface area (Å²) < 4.78 is 11.8. The van der Waals surface area contributed by atoms with Gasteiger partial charge in [0.25, 0.3) is 0 Å². The first-order chi connectivity index (χ1) is 18.3. The third-order valence-electron chi connectivity index (χ3n) is 7.20. The molecule has 1 atom stereocenters. The summed E-state index contributed by atoms with van der Waals surface area (Å²) in [5, 5.41) is 22.5. The Balaban J connectivity index is 1.49. The van der Waals surface area contributed by atoms with Crippen molar-refractivity contribution in [2.45, 2.75) is 31.9 Å². The van der Waals surface area contributed by atoms with Gasteiger partial charge in [0.2, 0.25) is 0 Å².